The van der Waals surface area contributed by atoms with Gasteiger partial charge in [-0.1, -0.05) is 47.7 Å². The molecule has 0 atom stereocenters. The topological polar surface area (TPSA) is 49.4 Å². The second-order valence-corrected chi connectivity index (χ2v) is 7.47. The lowest BCUT2D eigenvalue weighted by molar-refractivity contribution is -0.123. The Morgan fingerprint density at radius 3 is 2.65 bits per heavy atom. The van der Waals surface area contributed by atoms with Crippen LogP contribution in [0.1, 0.15) is 20.8 Å². The fraction of sp³-hybridized carbons (Fsp3) is 0.0625. The van der Waals surface area contributed by atoms with E-state index in [0.29, 0.717) is 14.1 Å². The van der Waals surface area contributed by atoms with Gasteiger partial charge in [0.05, 0.1) is 9.78 Å². The molecule has 0 radical (unpaired) electrons. The normalized spacial score (nSPS) is 16.2. The number of hydrogen-bond donors (Lipinski definition) is 1. The highest BCUT2D eigenvalue weighted by atomic mass is 32.2. The molecule has 0 spiro atoms. The quantitative estimate of drug-likeness (QED) is 0.671. The van der Waals surface area contributed by atoms with Crippen molar-refractivity contribution < 1.29 is 9.59 Å². The molecule has 1 aliphatic heterocycles. The Labute approximate surface area is 147 Å². The number of hydrogen-bond acceptors (Lipinski definition) is 5. The Bertz CT molecular complexity index is 795. The van der Waals surface area contributed by atoms with Crippen LogP contribution in [-0.4, -0.2) is 21.1 Å². The van der Waals surface area contributed by atoms with Crippen LogP contribution in [0.2, 0.25) is 0 Å². The second-order valence-electron chi connectivity index (χ2n) is 4.85. The molecule has 1 saturated heterocycles. The number of thiophene rings is 1. The van der Waals surface area contributed by atoms with Crippen molar-refractivity contribution in [2.45, 2.75) is 6.92 Å². The zero-order valence-electron chi connectivity index (χ0n) is 12.1. The molecule has 2 amide bonds. The summed E-state index contributed by atoms with van der Waals surface area (Å²) >= 11 is 7.68. The van der Waals surface area contributed by atoms with Crippen LogP contribution >= 0.6 is 35.3 Å². The number of carbonyl (C=O) groups is 2. The molecule has 3 rings (SSSR count). The predicted octanol–water partition coefficient (Wildman–Crippen LogP) is 3.60. The summed E-state index contributed by atoms with van der Waals surface area (Å²) in [6, 6.07) is 11.3. The number of thiocarbonyl (C=S) groups is 1. The van der Waals surface area contributed by atoms with E-state index in [1.54, 1.807) is 23.6 Å². The van der Waals surface area contributed by atoms with Crippen LogP contribution in [0.25, 0.3) is 6.08 Å². The molecule has 7 heteroatoms. The number of aryl methyl sites for hydroxylation is 1. The number of hydrazine groups is 1. The maximum atomic E-state index is 12.4. The number of rotatable bonds is 3. The van der Waals surface area contributed by atoms with Gasteiger partial charge in [0.1, 0.15) is 0 Å². The largest absolute Gasteiger partial charge is 0.285 e. The lowest BCUT2D eigenvalue weighted by atomic mass is 10.1. The summed E-state index contributed by atoms with van der Waals surface area (Å²) in [7, 11) is 0. The third kappa shape index (κ3) is 3.52. The molecule has 1 aromatic carbocycles. The molecule has 4 nitrogen and oxygen atoms in total. The summed E-state index contributed by atoms with van der Waals surface area (Å²) in [6.45, 7) is 2.00. The molecule has 1 aliphatic rings. The van der Waals surface area contributed by atoms with Crippen LogP contribution in [-0.2, 0) is 4.79 Å². The van der Waals surface area contributed by atoms with E-state index in [1.165, 1.54) is 23.1 Å². The van der Waals surface area contributed by atoms with Crippen molar-refractivity contribution >= 4 is 57.5 Å². The molecule has 1 N–H and O–H groups in total. The number of amides is 2. The summed E-state index contributed by atoms with van der Waals surface area (Å²) in [5.41, 5.74) is 4.63. The van der Waals surface area contributed by atoms with Crippen LogP contribution in [0.4, 0.5) is 0 Å². The van der Waals surface area contributed by atoms with Crippen molar-refractivity contribution in [3.63, 3.8) is 0 Å². The van der Waals surface area contributed by atoms with Gasteiger partial charge < -0.3 is 0 Å². The molecule has 116 valence electrons. The van der Waals surface area contributed by atoms with E-state index in [9.17, 15) is 9.59 Å². The average Bonchev–Trinajstić information content (AvgIpc) is 3.14. The zero-order valence-corrected chi connectivity index (χ0v) is 14.6. The van der Waals surface area contributed by atoms with E-state index < -0.39 is 0 Å². The summed E-state index contributed by atoms with van der Waals surface area (Å²) < 4.78 is 0.318. The summed E-state index contributed by atoms with van der Waals surface area (Å²) in [6.07, 6.45) is 1.77. The maximum absolute atomic E-state index is 12.4. The van der Waals surface area contributed by atoms with Gasteiger partial charge in [0.2, 0.25) is 0 Å². The molecule has 2 aromatic rings. The van der Waals surface area contributed by atoms with Gasteiger partial charge in [0.25, 0.3) is 11.8 Å². The van der Waals surface area contributed by atoms with E-state index in [0.717, 1.165) is 16.1 Å². The number of carbonyl (C=O) groups excluding carboxylic acids is 2. The van der Waals surface area contributed by atoms with Gasteiger partial charge in [0.15, 0.2) is 4.32 Å². The molecule has 0 saturated carbocycles. The van der Waals surface area contributed by atoms with Gasteiger partial charge >= 0.3 is 0 Å². The summed E-state index contributed by atoms with van der Waals surface area (Å²) in [4.78, 5) is 25.5. The third-order valence-electron chi connectivity index (χ3n) is 3.13. The minimum Gasteiger partial charge on any atom is -0.266 e. The van der Waals surface area contributed by atoms with Crippen molar-refractivity contribution in [3.8, 4) is 0 Å². The molecule has 0 bridgehead atoms. The smallest absolute Gasteiger partial charge is 0.266 e. The first-order chi connectivity index (χ1) is 11.0. The van der Waals surface area contributed by atoms with Crippen LogP contribution in [0.5, 0.6) is 0 Å². The molecular weight excluding hydrogens is 348 g/mol. The van der Waals surface area contributed by atoms with E-state index in [-0.39, 0.29) is 11.8 Å². The highest BCUT2D eigenvalue weighted by molar-refractivity contribution is 8.26. The van der Waals surface area contributed by atoms with Gasteiger partial charge in [-0.15, -0.1) is 11.3 Å². The molecule has 0 aliphatic carbocycles. The van der Waals surface area contributed by atoms with Crippen molar-refractivity contribution in [1.82, 2.24) is 10.4 Å². The lowest BCUT2D eigenvalue weighted by Crippen LogP contribution is -2.44. The van der Waals surface area contributed by atoms with Crippen molar-refractivity contribution in [2.75, 3.05) is 0 Å². The summed E-state index contributed by atoms with van der Waals surface area (Å²) in [5.74, 6) is -0.654. The molecule has 1 aromatic heterocycles. The van der Waals surface area contributed by atoms with E-state index in [1.807, 2.05) is 31.2 Å². The van der Waals surface area contributed by atoms with E-state index in [4.69, 9.17) is 12.2 Å². The first kappa shape index (κ1) is 15.9. The Morgan fingerprint density at radius 2 is 2.00 bits per heavy atom. The zero-order chi connectivity index (χ0) is 16.4. The molecule has 1 fully saturated rings. The number of thioether (sulfide) groups is 1. The third-order valence-corrected chi connectivity index (χ3v) is 5.30. The van der Waals surface area contributed by atoms with Crippen LogP contribution in [0.15, 0.2) is 46.7 Å². The predicted molar refractivity (Wildman–Crippen MR) is 98.0 cm³/mol. The van der Waals surface area contributed by atoms with Gasteiger partial charge in [-0.2, -0.15) is 5.01 Å². The van der Waals surface area contributed by atoms with E-state index >= 15 is 0 Å². The molecular formula is C16H12N2O2S3. The summed E-state index contributed by atoms with van der Waals surface area (Å²) in [5, 5.41) is 2.93. The first-order valence-electron chi connectivity index (χ1n) is 6.74. The first-order valence-corrected chi connectivity index (χ1v) is 8.84. The number of nitrogens with one attached hydrogen (secondary N) is 1. The van der Waals surface area contributed by atoms with Crippen molar-refractivity contribution in [3.05, 3.63) is 62.7 Å². The van der Waals surface area contributed by atoms with Crippen LogP contribution in [0.3, 0.4) is 0 Å². The Morgan fingerprint density at radius 1 is 1.26 bits per heavy atom. The minimum absolute atomic E-state index is 0.314. The highest BCUT2D eigenvalue weighted by Gasteiger charge is 2.33. The van der Waals surface area contributed by atoms with Gasteiger partial charge in [-0.05, 0) is 42.2 Å². The van der Waals surface area contributed by atoms with Gasteiger partial charge in [-0.25, -0.2) is 0 Å². The standard InChI is InChI=1S/C16H12N2O2S3/c1-10-4-6-11(7-5-10)9-13-15(20)18(16(21)23-13)17-14(19)12-3-2-8-22-12/h2-9H,1H3,(H,17,19). The van der Waals surface area contributed by atoms with E-state index in [2.05, 4.69) is 5.43 Å². The van der Waals surface area contributed by atoms with Crippen molar-refractivity contribution in [1.29, 1.82) is 0 Å². The van der Waals surface area contributed by atoms with Crippen LogP contribution < -0.4 is 5.43 Å². The Balaban J connectivity index is 1.77. The number of benzene rings is 1. The highest BCUT2D eigenvalue weighted by Crippen LogP contribution is 2.31. The Hall–Kier alpha value is -1.96. The fourth-order valence-corrected chi connectivity index (χ4v) is 3.74. The minimum atomic E-state index is -0.340. The van der Waals surface area contributed by atoms with Gasteiger partial charge in [-0.3, -0.25) is 15.0 Å². The Kier molecular flexibility index (Phi) is 4.61. The molecule has 23 heavy (non-hydrogen) atoms. The van der Waals surface area contributed by atoms with Gasteiger partial charge in [0, 0.05) is 0 Å². The monoisotopic (exact) mass is 360 g/mol. The second kappa shape index (κ2) is 6.66. The maximum Gasteiger partial charge on any atom is 0.285 e. The molecule has 2 heterocycles. The average molecular weight is 360 g/mol. The number of nitrogens with zero attached hydrogens (tertiary/aromatic N) is 1. The fourth-order valence-electron chi connectivity index (χ4n) is 1.94. The SMILES string of the molecule is Cc1ccc(C=C2SC(=S)N(NC(=O)c3cccs3)C2=O)cc1. The van der Waals surface area contributed by atoms with Crippen LogP contribution in [0, 0.1) is 6.92 Å². The molecule has 0 unspecified atom stereocenters. The lowest BCUT2D eigenvalue weighted by Gasteiger charge is -2.14. The van der Waals surface area contributed by atoms with Crippen molar-refractivity contribution in [2.24, 2.45) is 0 Å².